The molecule has 0 radical (unpaired) electrons. The van der Waals surface area contributed by atoms with Crippen LogP contribution in [0, 0.1) is 11.8 Å². The fourth-order valence-corrected chi connectivity index (χ4v) is 4.08. The smallest absolute Gasteiger partial charge is 0.0440 e. The predicted octanol–water partition coefficient (Wildman–Crippen LogP) is 5.00. The van der Waals surface area contributed by atoms with Crippen molar-refractivity contribution in [1.29, 1.82) is 0 Å². The number of thiophene rings is 1. The van der Waals surface area contributed by atoms with Crippen LogP contribution in [0.15, 0.2) is 17.5 Å². The highest BCUT2D eigenvalue weighted by atomic mass is 32.1. The number of hydrogen-bond acceptors (Lipinski definition) is 2. The monoisotopic (exact) mass is 265 g/mol. The van der Waals surface area contributed by atoms with E-state index >= 15 is 0 Å². The summed E-state index contributed by atoms with van der Waals surface area (Å²) in [4.78, 5) is 1.49. The topological polar surface area (TPSA) is 12.0 Å². The summed E-state index contributed by atoms with van der Waals surface area (Å²) >= 11 is 1.89. The van der Waals surface area contributed by atoms with Gasteiger partial charge < -0.3 is 5.32 Å². The van der Waals surface area contributed by atoms with Crippen LogP contribution >= 0.6 is 11.3 Å². The Kier molecular flexibility index (Phi) is 5.25. The lowest BCUT2D eigenvalue weighted by Crippen LogP contribution is -2.38. The van der Waals surface area contributed by atoms with Crippen molar-refractivity contribution in [3.8, 4) is 0 Å². The summed E-state index contributed by atoms with van der Waals surface area (Å²) in [6, 6.07) is 5.62. The minimum Gasteiger partial charge on any atom is -0.306 e. The Morgan fingerprint density at radius 3 is 2.44 bits per heavy atom. The minimum atomic E-state index is 0.530. The van der Waals surface area contributed by atoms with E-state index in [0.29, 0.717) is 18.0 Å². The first-order chi connectivity index (χ1) is 8.68. The molecule has 2 heteroatoms. The van der Waals surface area contributed by atoms with Gasteiger partial charge in [-0.15, -0.1) is 11.3 Å². The molecule has 1 heterocycles. The molecule has 0 aliphatic heterocycles. The Hall–Kier alpha value is -0.340. The Labute approximate surface area is 116 Å². The predicted molar refractivity (Wildman–Crippen MR) is 81.1 cm³/mol. The number of hydrogen-bond donors (Lipinski definition) is 1. The molecule has 1 N–H and O–H groups in total. The molecule has 2 rings (SSSR count). The highest BCUT2D eigenvalue weighted by molar-refractivity contribution is 7.10. The quantitative estimate of drug-likeness (QED) is 0.789. The molecule has 2 unspecified atom stereocenters. The van der Waals surface area contributed by atoms with Crippen LogP contribution in [0.4, 0.5) is 0 Å². The van der Waals surface area contributed by atoms with E-state index in [2.05, 4.69) is 43.6 Å². The summed E-state index contributed by atoms with van der Waals surface area (Å²) in [5.74, 6) is 1.55. The van der Waals surface area contributed by atoms with E-state index in [-0.39, 0.29) is 0 Å². The Bertz CT molecular complexity index is 325. The van der Waals surface area contributed by atoms with Crippen LogP contribution in [-0.4, -0.2) is 6.04 Å². The zero-order valence-corrected chi connectivity index (χ0v) is 12.8. The summed E-state index contributed by atoms with van der Waals surface area (Å²) in [5.41, 5.74) is 0. The maximum absolute atomic E-state index is 3.90. The van der Waals surface area contributed by atoms with Gasteiger partial charge in [-0.3, -0.25) is 0 Å². The average Bonchev–Trinajstić information content (AvgIpc) is 2.90. The SMILES string of the molecule is CC(C)C(NC(C)C1CCCCC1)c1cccs1. The molecule has 18 heavy (non-hydrogen) atoms. The molecule has 0 amide bonds. The molecule has 1 nitrogen and oxygen atoms in total. The van der Waals surface area contributed by atoms with Crippen LogP contribution in [0.5, 0.6) is 0 Å². The van der Waals surface area contributed by atoms with Gasteiger partial charge in [0.1, 0.15) is 0 Å². The van der Waals surface area contributed by atoms with Crippen molar-refractivity contribution in [1.82, 2.24) is 5.32 Å². The standard InChI is InChI=1S/C16H27NS/c1-12(2)16(15-10-7-11-18-15)17-13(3)14-8-5-4-6-9-14/h7,10-14,16-17H,4-6,8-9H2,1-3H3. The molecule has 1 aliphatic carbocycles. The second kappa shape index (κ2) is 6.72. The highest BCUT2D eigenvalue weighted by Crippen LogP contribution is 2.31. The summed E-state index contributed by atoms with van der Waals surface area (Å²) in [6.45, 7) is 7.04. The van der Waals surface area contributed by atoms with Gasteiger partial charge in [-0.1, -0.05) is 39.2 Å². The van der Waals surface area contributed by atoms with Gasteiger partial charge in [-0.05, 0) is 43.0 Å². The Morgan fingerprint density at radius 2 is 1.89 bits per heavy atom. The van der Waals surface area contributed by atoms with E-state index < -0.39 is 0 Å². The largest absolute Gasteiger partial charge is 0.306 e. The van der Waals surface area contributed by atoms with Gasteiger partial charge in [-0.2, -0.15) is 0 Å². The van der Waals surface area contributed by atoms with E-state index in [9.17, 15) is 0 Å². The first-order valence-electron chi connectivity index (χ1n) is 7.48. The lowest BCUT2D eigenvalue weighted by Gasteiger charge is -2.33. The Balaban J connectivity index is 1.96. The van der Waals surface area contributed by atoms with Crippen molar-refractivity contribution < 1.29 is 0 Å². The molecule has 2 atom stereocenters. The normalized spacial score (nSPS) is 21.1. The molecule has 0 spiro atoms. The molecule has 1 saturated carbocycles. The second-order valence-electron chi connectivity index (χ2n) is 6.09. The maximum atomic E-state index is 3.90. The molecular weight excluding hydrogens is 238 g/mol. The van der Waals surface area contributed by atoms with E-state index in [1.54, 1.807) is 0 Å². The zero-order valence-electron chi connectivity index (χ0n) is 12.0. The molecule has 0 saturated heterocycles. The fraction of sp³-hybridized carbons (Fsp3) is 0.750. The van der Waals surface area contributed by atoms with E-state index in [4.69, 9.17) is 0 Å². The van der Waals surface area contributed by atoms with E-state index in [1.807, 2.05) is 11.3 Å². The first kappa shape index (κ1) is 14.1. The van der Waals surface area contributed by atoms with Gasteiger partial charge in [0.2, 0.25) is 0 Å². The molecule has 0 aromatic carbocycles. The summed E-state index contributed by atoms with van der Waals surface area (Å²) < 4.78 is 0. The third-order valence-corrected chi connectivity index (χ3v) is 5.27. The van der Waals surface area contributed by atoms with Crippen molar-refractivity contribution in [3.05, 3.63) is 22.4 Å². The molecule has 1 aliphatic rings. The minimum absolute atomic E-state index is 0.530. The van der Waals surface area contributed by atoms with Crippen LogP contribution in [0.1, 0.15) is 63.8 Å². The third kappa shape index (κ3) is 3.58. The number of rotatable bonds is 5. The first-order valence-corrected chi connectivity index (χ1v) is 8.36. The van der Waals surface area contributed by atoms with Gasteiger partial charge >= 0.3 is 0 Å². The van der Waals surface area contributed by atoms with Crippen molar-refractivity contribution in [3.63, 3.8) is 0 Å². The molecule has 1 fully saturated rings. The molecular formula is C16H27NS. The zero-order chi connectivity index (χ0) is 13.0. The van der Waals surface area contributed by atoms with E-state index in [1.165, 1.54) is 37.0 Å². The van der Waals surface area contributed by atoms with Crippen LogP contribution in [0.25, 0.3) is 0 Å². The fourth-order valence-electron chi connectivity index (χ4n) is 3.12. The summed E-state index contributed by atoms with van der Waals surface area (Å²) in [7, 11) is 0. The summed E-state index contributed by atoms with van der Waals surface area (Å²) in [6.07, 6.45) is 7.15. The van der Waals surface area contributed by atoms with Crippen molar-refractivity contribution in [2.24, 2.45) is 11.8 Å². The second-order valence-corrected chi connectivity index (χ2v) is 7.07. The third-order valence-electron chi connectivity index (χ3n) is 4.32. The Morgan fingerprint density at radius 1 is 1.17 bits per heavy atom. The van der Waals surface area contributed by atoms with Crippen molar-refractivity contribution in [2.45, 2.75) is 65.0 Å². The highest BCUT2D eigenvalue weighted by Gasteiger charge is 2.24. The van der Waals surface area contributed by atoms with Gasteiger partial charge in [0, 0.05) is 17.0 Å². The number of nitrogens with one attached hydrogen (secondary N) is 1. The van der Waals surface area contributed by atoms with Crippen LogP contribution < -0.4 is 5.32 Å². The van der Waals surface area contributed by atoms with Gasteiger partial charge in [0.25, 0.3) is 0 Å². The van der Waals surface area contributed by atoms with Gasteiger partial charge in [-0.25, -0.2) is 0 Å². The lowest BCUT2D eigenvalue weighted by molar-refractivity contribution is 0.248. The van der Waals surface area contributed by atoms with Crippen molar-refractivity contribution >= 4 is 11.3 Å². The maximum Gasteiger partial charge on any atom is 0.0440 e. The van der Waals surface area contributed by atoms with Crippen molar-refractivity contribution in [2.75, 3.05) is 0 Å². The van der Waals surface area contributed by atoms with Crippen LogP contribution in [-0.2, 0) is 0 Å². The van der Waals surface area contributed by atoms with E-state index in [0.717, 1.165) is 5.92 Å². The van der Waals surface area contributed by atoms with Crippen LogP contribution in [0.3, 0.4) is 0 Å². The van der Waals surface area contributed by atoms with Gasteiger partial charge in [0.15, 0.2) is 0 Å². The molecule has 1 aromatic rings. The molecule has 0 bridgehead atoms. The average molecular weight is 265 g/mol. The van der Waals surface area contributed by atoms with Gasteiger partial charge in [0.05, 0.1) is 0 Å². The molecule has 1 aromatic heterocycles. The molecule has 102 valence electrons. The van der Waals surface area contributed by atoms with Crippen LogP contribution in [0.2, 0.25) is 0 Å². The summed E-state index contributed by atoms with van der Waals surface area (Å²) in [5, 5.41) is 6.09. The lowest BCUT2D eigenvalue weighted by atomic mass is 9.84.